The molecule has 1 N–H and O–H groups in total. The SMILES string of the molecule is C=C(C)C(=O)OCCc1ccccc1.CC(=CCCc1ccccc1)C(=O)O. The summed E-state index contributed by atoms with van der Waals surface area (Å²) in [4.78, 5) is 21.5. The molecule has 0 radical (unpaired) electrons. The molecule has 0 spiro atoms. The Kier molecular flexibility index (Phi) is 10.7. The van der Waals surface area contributed by atoms with Gasteiger partial charge in [0.25, 0.3) is 0 Å². The van der Waals surface area contributed by atoms with Gasteiger partial charge in [-0.1, -0.05) is 73.3 Å². The minimum Gasteiger partial charge on any atom is -0.478 e. The number of carboxylic acids is 1. The van der Waals surface area contributed by atoms with Crippen molar-refractivity contribution >= 4 is 11.9 Å². The van der Waals surface area contributed by atoms with E-state index in [0.717, 1.165) is 19.3 Å². The Balaban J connectivity index is 0.000000280. The van der Waals surface area contributed by atoms with E-state index in [-0.39, 0.29) is 5.97 Å². The van der Waals surface area contributed by atoms with E-state index >= 15 is 0 Å². The highest BCUT2D eigenvalue weighted by molar-refractivity contribution is 5.87. The Morgan fingerprint density at radius 2 is 1.43 bits per heavy atom. The Morgan fingerprint density at radius 3 is 1.89 bits per heavy atom. The maximum absolute atomic E-state index is 11.0. The van der Waals surface area contributed by atoms with Gasteiger partial charge in [0.2, 0.25) is 0 Å². The number of aryl methyl sites for hydroxylation is 1. The predicted octanol–water partition coefficient (Wildman–Crippen LogP) is 5.00. The van der Waals surface area contributed by atoms with E-state index in [2.05, 4.69) is 6.58 Å². The van der Waals surface area contributed by atoms with Crippen LogP contribution in [0.15, 0.2) is 84.5 Å². The molecule has 2 aromatic carbocycles. The molecule has 0 unspecified atom stereocenters. The third kappa shape index (κ3) is 10.1. The minimum atomic E-state index is -0.835. The number of aliphatic carboxylic acids is 1. The van der Waals surface area contributed by atoms with Crippen LogP contribution in [-0.4, -0.2) is 23.7 Å². The molecule has 0 aliphatic rings. The Hall–Kier alpha value is -3.14. The van der Waals surface area contributed by atoms with Gasteiger partial charge in [-0.15, -0.1) is 0 Å². The van der Waals surface area contributed by atoms with E-state index in [1.807, 2.05) is 60.7 Å². The summed E-state index contributed by atoms with van der Waals surface area (Å²) in [6.45, 7) is 7.18. The molecule has 0 heterocycles. The number of carbonyl (C=O) groups excluding carboxylic acids is 1. The average Bonchev–Trinajstić information content (AvgIpc) is 2.70. The molecule has 0 aromatic heterocycles. The van der Waals surface area contributed by atoms with Crippen molar-refractivity contribution in [2.75, 3.05) is 6.61 Å². The van der Waals surface area contributed by atoms with Gasteiger partial charge in [0.15, 0.2) is 0 Å². The van der Waals surface area contributed by atoms with Crippen LogP contribution in [0.4, 0.5) is 0 Å². The summed E-state index contributed by atoms with van der Waals surface area (Å²) in [5.41, 5.74) is 3.27. The second-order valence-electron chi connectivity index (χ2n) is 6.37. The van der Waals surface area contributed by atoms with Gasteiger partial charge in [-0.05, 0) is 37.8 Å². The molecule has 28 heavy (non-hydrogen) atoms. The Bertz CT molecular complexity index is 777. The van der Waals surface area contributed by atoms with Gasteiger partial charge in [0.05, 0.1) is 6.61 Å². The lowest BCUT2D eigenvalue weighted by Crippen LogP contribution is -2.07. The molecule has 0 aliphatic heterocycles. The summed E-state index contributed by atoms with van der Waals surface area (Å²) >= 11 is 0. The molecule has 0 bridgehead atoms. The number of hydrogen-bond acceptors (Lipinski definition) is 3. The molecule has 0 saturated heterocycles. The largest absolute Gasteiger partial charge is 0.478 e. The van der Waals surface area contributed by atoms with E-state index in [4.69, 9.17) is 9.84 Å². The first kappa shape index (κ1) is 22.9. The first-order valence-electron chi connectivity index (χ1n) is 9.20. The zero-order chi connectivity index (χ0) is 20.8. The van der Waals surface area contributed by atoms with Gasteiger partial charge in [0.1, 0.15) is 0 Å². The third-order valence-electron chi connectivity index (χ3n) is 3.88. The van der Waals surface area contributed by atoms with Crippen molar-refractivity contribution in [2.24, 2.45) is 0 Å². The van der Waals surface area contributed by atoms with Crippen LogP contribution < -0.4 is 0 Å². The van der Waals surface area contributed by atoms with Gasteiger partial charge in [-0.2, -0.15) is 0 Å². The van der Waals surface area contributed by atoms with E-state index in [9.17, 15) is 9.59 Å². The van der Waals surface area contributed by atoms with E-state index in [1.54, 1.807) is 19.9 Å². The molecule has 0 saturated carbocycles. The number of allylic oxidation sites excluding steroid dienone is 1. The summed E-state index contributed by atoms with van der Waals surface area (Å²) in [6, 6.07) is 20.0. The standard InChI is InChI=1S/2C12H14O2/c1-10(2)12(13)14-9-8-11-6-4-3-5-7-11;1-10(12(13)14)6-5-9-11-7-3-2-4-8-11/h3-7H,1,8-9H2,2H3;2-4,6-8H,5,9H2,1H3,(H,13,14). The predicted molar refractivity (Wildman–Crippen MR) is 112 cm³/mol. The van der Waals surface area contributed by atoms with Crippen molar-refractivity contribution in [1.82, 2.24) is 0 Å². The fourth-order valence-electron chi connectivity index (χ4n) is 2.22. The van der Waals surface area contributed by atoms with Crippen LogP contribution in [0.3, 0.4) is 0 Å². The molecule has 2 aromatic rings. The summed E-state index contributed by atoms with van der Waals surface area (Å²) in [5, 5.41) is 8.61. The molecule has 4 heteroatoms. The van der Waals surface area contributed by atoms with Crippen LogP contribution in [0, 0.1) is 0 Å². The van der Waals surface area contributed by atoms with Crippen LogP contribution in [-0.2, 0) is 27.2 Å². The lowest BCUT2D eigenvalue weighted by atomic mass is 10.1. The summed E-state index contributed by atoms with van der Waals surface area (Å²) in [7, 11) is 0. The zero-order valence-corrected chi connectivity index (χ0v) is 16.6. The summed E-state index contributed by atoms with van der Waals surface area (Å²) < 4.78 is 4.97. The number of rotatable bonds is 8. The number of hydrogen-bond donors (Lipinski definition) is 1. The molecule has 4 nitrogen and oxygen atoms in total. The number of benzene rings is 2. The number of esters is 1. The van der Waals surface area contributed by atoms with Gasteiger partial charge < -0.3 is 9.84 Å². The second kappa shape index (κ2) is 13.1. The highest BCUT2D eigenvalue weighted by Gasteiger charge is 2.02. The average molecular weight is 380 g/mol. The highest BCUT2D eigenvalue weighted by Crippen LogP contribution is 2.05. The molecular formula is C24H28O4. The smallest absolute Gasteiger partial charge is 0.333 e. The third-order valence-corrected chi connectivity index (χ3v) is 3.88. The number of ether oxygens (including phenoxy) is 1. The van der Waals surface area contributed by atoms with Gasteiger partial charge in [-0.25, -0.2) is 9.59 Å². The van der Waals surface area contributed by atoms with Crippen LogP contribution in [0.25, 0.3) is 0 Å². The normalized spacial score (nSPS) is 10.4. The van der Waals surface area contributed by atoms with Crippen molar-refractivity contribution in [2.45, 2.75) is 33.1 Å². The molecule has 0 amide bonds. The molecule has 148 valence electrons. The fraction of sp³-hybridized carbons (Fsp3) is 0.250. The first-order chi connectivity index (χ1) is 13.4. The fourth-order valence-corrected chi connectivity index (χ4v) is 2.22. The van der Waals surface area contributed by atoms with Gasteiger partial charge in [-0.3, -0.25) is 0 Å². The number of carboxylic acid groups (broad SMARTS) is 1. The van der Waals surface area contributed by atoms with Gasteiger partial charge >= 0.3 is 11.9 Å². The number of carbonyl (C=O) groups is 2. The van der Waals surface area contributed by atoms with E-state index < -0.39 is 5.97 Å². The minimum absolute atomic E-state index is 0.319. The quantitative estimate of drug-likeness (QED) is 0.517. The first-order valence-corrected chi connectivity index (χ1v) is 9.20. The van der Waals surface area contributed by atoms with Crippen molar-refractivity contribution < 1.29 is 19.4 Å². The van der Waals surface area contributed by atoms with Crippen LogP contribution in [0.2, 0.25) is 0 Å². The van der Waals surface area contributed by atoms with E-state index in [0.29, 0.717) is 17.8 Å². The molecular weight excluding hydrogens is 352 g/mol. The molecule has 2 rings (SSSR count). The van der Waals surface area contributed by atoms with E-state index in [1.165, 1.54) is 11.1 Å². The Morgan fingerprint density at radius 1 is 0.929 bits per heavy atom. The summed E-state index contributed by atoms with van der Waals surface area (Å²) in [6.07, 6.45) is 4.18. The van der Waals surface area contributed by atoms with Crippen molar-refractivity contribution in [3.63, 3.8) is 0 Å². The maximum Gasteiger partial charge on any atom is 0.333 e. The molecule has 0 atom stereocenters. The van der Waals surface area contributed by atoms with Gasteiger partial charge in [0, 0.05) is 17.6 Å². The highest BCUT2D eigenvalue weighted by atomic mass is 16.5. The van der Waals surface area contributed by atoms with Crippen molar-refractivity contribution in [3.8, 4) is 0 Å². The Labute approximate surface area is 167 Å². The molecule has 0 aliphatic carbocycles. The monoisotopic (exact) mass is 380 g/mol. The summed E-state index contributed by atoms with van der Waals surface area (Å²) in [5.74, 6) is -1.15. The van der Waals surface area contributed by atoms with Crippen LogP contribution in [0.1, 0.15) is 31.4 Å². The topological polar surface area (TPSA) is 63.6 Å². The zero-order valence-electron chi connectivity index (χ0n) is 16.6. The van der Waals surface area contributed by atoms with Crippen LogP contribution >= 0.6 is 0 Å². The van der Waals surface area contributed by atoms with Crippen LogP contribution in [0.5, 0.6) is 0 Å². The molecule has 0 fully saturated rings. The lowest BCUT2D eigenvalue weighted by molar-refractivity contribution is -0.138. The second-order valence-corrected chi connectivity index (χ2v) is 6.37. The lowest BCUT2D eigenvalue weighted by Gasteiger charge is -2.03. The van der Waals surface area contributed by atoms with Crippen molar-refractivity contribution in [3.05, 3.63) is 95.6 Å². The maximum atomic E-state index is 11.0. The van der Waals surface area contributed by atoms with Crippen molar-refractivity contribution in [1.29, 1.82) is 0 Å².